The number of rotatable bonds is 8. The summed E-state index contributed by atoms with van der Waals surface area (Å²) in [6.07, 6.45) is 3.48. The van der Waals surface area contributed by atoms with Gasteiger partial charge >= 0.3 is 0 Å². The minimum Gasteiger partial charge on any atom is -0.383 e. The molecule has 1 heterocycles. The zero-order chi connectivity index (χ0) is 18.1. The van der Waals surface area contributed by atoms with E-state index in [-0.39, 0.29) is 6.54 Å². The van der Waals surface area contributed by atoms with Gasteiger partial charge in [0.25, 0.3) is 0 Å². The predicted molar refractivity (Wildman–Crippen MR) is 104 cm³/mol. The summed E-state index contributed by atoms with van der Waals surface area (Å²) in [6, 6.07) is 10.3. The molecule has 7 heteroatoms. The van der Waals surface area contributed by atoms with Gasteiger partial charge in [0, 0.05) is 42.5 Å². The Labute approximate surface area is 153 Å². The molecular formula is C18H27N5OS. The van der Waals surface area contributed by atoms with E-state index in [1.54, 1.807) is 29.6 Å². The summed E-state index contributed by atoms with van der Waals surface area (Å²) >= 11 is 1.80. The van der Waals surface area contributed by atoms with E-state index in [2.05, 4.69) is 32.9 Å². The molecular weight excluding hydrogens is 334 g/mol. The van der Waals surface area contributed by atoms with E-state index in [1.807, 2.05) is 38.4 Å². The zero-order valence-electron chi connectivity index (χ0n) is 15.1. The van der Waals surface area contributed by atoms with Crippen molar-refractivity contribution < 1.29 is 5.11 Å². The highest BCUT2D eigenvalue weighted by Gasteiger charge is 2.24. The lowest BCUT2D eigenvalue weighted by Crippen LogP contribution is -2.39. The van der Waals surface area contributed by atoms with Crippen molar-refractivity contribution in [1.29, 1.82) is 0 Å². The Morgan fingerprint density at radius 3 is 2.72 bits per heavy atom. The molecule has 1 atom stereocenters. The van der Waals surface area contributed by atoms with E-state index in [0.29, 0.717) is 5.96 Å². The largest absolute Gasteiger partial charge is 0.383 e. The highest BCUT2D eigenvalue weighted by atomic mass is 32.2. The number of hydrogen-bond donors (Lipinski definition) is 3. The highest BCUT2D eigenvalue weighted by Crippen LogP contribution is 2.20. The molecule has 0 aliphatic heterocycles. The van der Waals surface area contributed by atoms with E-state index in [1.165, 1.54) is 4.90 Å². The Morgan fingerprint density at radius 2 is 2.08 bits per heavy atom. The second kappa shape index (κ2) is 9.48. The summed E-state index contributed by atoms with van der Waals surface area (Å²) in [5, 5.41) is 21.2. The maximum absolute atomic E-state index is 10.6. The summed E-state index contributed by atoms with van der Waals surface area (Å²) in [5.74, 6) is 1.65. The standard InChI is InChI=1S/C18H27N5OS/c1-4-19-17(20-10-11-25-16-8-6-5-7-9-16)21-14-18(2,24)15-12-22-23(3)13-15/h5-9,12-13,24H,4,10-11,14H2,1-3H3,(H2,19,20,21). The smallest absolute Gasteiger partial charge is 0.191 e. The van der Waals surface area contributed by atoms with Gasteiger partial charge in [-0.15, -0.1) is 11.8 Å². The molecule has 3 N–H and O–H groups in total. The number of benzene rings is 1. The quantitative estimate of drug-likeness (QED) is 0.290. The van der Waals surface area contributed by atoms with E-state index >= 15 is 0 Å². The van der Waals surface area contributed by atoms with E-state index < -0.39 is 5.60 Å². The van der Waals surface area contributed by atoms with Crippen LogP contribution in [0.3, 0.4) is 0 Å². The van der Waals surface area contributed by atoms with E-state index in [9.17, 15) is 5.11 Å². The first-order chi connectivity index (χ1) is 12.0. The fourth-order valence-corrected chi connectivity index (χ4v) is 3.01. The summed E-state index contributed by atoms with van der Waals surface area (Å²) < 4.78 is 1.68. The minimum absolute atomic E-state index is 0.264. The monoisotopic (exact) mass is 361 g/mol. The molecule has 0 aliphatic rings. The summed E-state index contributed by atoms with van der Waals surface area (Å²) in [5.41, 5.74) is -0.288. The lowest BCUT2D eigenvalue weighted by Gasteiger charge is -2.20. The van der Waals surface area contributed by atoms with Gasteiger partial charge in [-0.2, -0.15) is 5.10 Å². The normalized spacial score (nSPS) is 14.2. The predicted octanol–water partition coefficient (Wildman–Crippen LogP) is 1.97. The summed E-state index contributed by atoms with van der Waals surface area (Å²) in [7, 11) is 1.83. The molecule has 0 fully saturated rings. The Balaban J connectivity index is 1.85. The first kappa shape index (κ1) is 19.3. The molecule has 2 rings (SSSR count). The maximum atomic E-state index is 10.6. The van der Waals surface area contributed by atoms with Crippen LogP contribution in [0.1, 0.15) is 19.4 Å². The third kappa shape index (κ3) is 6.43. The minimum atomic E-state index is -1.05. The second-order valence-corrected chi connectivity index (χ2v) is 7.13. The van der Waals surface area contributed by atoms with Crippen LogP contribution in [0.5, 0.6) is 0 Å². The number of thioether (sulfide) groups is 1. The number of aliphatic imine (C=N–C) groups is 1. The first-order valence-electron chi connectivity index (χ1n) is 8.43. The van der Waals surface area contributed by atoms with Crippen molar-refractivity contribution in [2.45, 2.75) is 24.3 Å². The lowest BCUT2D eigenvalue weighted by molar-refractivity contribution is 0.0672. The van der Waals surface area contributed by atoms with E-state index in [0.717, 1.165) is 24.4 Å². The fraction of sp³-hybridized carbons (Fsp3) is 0.444. The van der Waals surface area contributed by atoms with Crippen molar-refractivity contribution >= 4 is 17.7 Å². The Morgan fingerprint density at radius 1 is 1.32 bits per heavy atom. The van der Waals surface area contributed by atoms with Crippen molar-refractivity contribution in [1.82, 2.24) is 20.4 Å². The van der Waals surface area contributed by atoms with Crippen LogP contribution in [0.2, 0.25) is 0 Å². The van der Waals surface area contributed by atoms with Crippen LogP contribution < -0.4 is 10.6 Å². The van der Waals surface area contributed by atoms with Gasteiger partial charge in [-0.25, -0.2) is 4.99 Å². The van der Waals surface area contributed by atoms with Crippen LogP contribution in [0, 0.1) is 0 Å². The van der Waals surface area contributed by atoms with Crippen LogP contribution in [0.25, 0.3) is 0 Å². The van der Waals surface area contributed by atoms with Crippen LogP contribution in [0.15, 0.2) is 52.6 Å². The van der Waals surface area contributed by atoms with Gasteiger partial charge in [0.2, 0.25) is 0 Å². The summed E-state index contributed by atoms with van der Waals surface area (Å²) in [4.78, 5) is 5.77. The average molecular weight is 362 g/mol. The molecule has 1 aromatic heterocycles. The Hall–Kier alpha value is -1.99. The number of aryl methyl sites for hydroxylation is 1. The van der Waals surface area contributed by atoms with Crippen LogP contribution >= 0.6 is 11.8 Å². The summed E-state index contributed by atoms with van der Waals surface area (Å²) in [6.45, 7) is 5.60. The van der Waals surface area contributed by atoms with E-state index in [4.69, 9.17) is 0 Å². The van der Waals surface area contributed by atoms with Crippen LogP contribution in [0.4, 0.5) is 0 Å². The fourth-order valence-electron chi connectivity index (χ4n) is 2.22. The SMILES string of the molecule is CCNC(=NCC(C)(O)c1cnn(C)c1)NCCSc1ccccc1. The van der Waals surface area contributed by atoms with Gasteiger partial charge in [-0.1, -0.05) is 18.2 Å². The molecule has 0 bridgehead atoms. The van der Waals surface area contributed by atoms with Gasteiger partial charge in [0.1, 0.15) is 5.60 Å². The molecule has 136 valence electrons. The number of hydrogen-bond acceptors (Lipinski definition) is 4. The van der Waals surface area contributed by atoms with Crippen molar-refractivity contribution in [2.24, 2.45) is 12.0 Å². The van der Waals surface area contributed by atoms with Crippen LogP contribution in [-0.2, 0) is 12.6 Å². The number of aliphatic hydroxyl groups is 1. The molecule has 0 radical (unpaired) electrons. The van der Waals surface area contributed by atoms with Crippen molar-refractivity contribution in [2.75, 3.05) is 25.4 Å². The first-order valence-corrected chi connectivity index (χ1v) is 9.41. The number of nitrogens with one attached hydrogen (secondary N) is 2. The third-order valence-corrected chi connectivity index (χ3v) is 4.64. The van der Waals surface area contributed by atoms with Gasteiger partial charge in [-0.3, -0.25) is 4.68 Å². The van der Waals surface area contributed by atoms with Gasteiger partial charge in [-0.05, 0) is 26.0 Å². The molecule has 6 nitrogen and oxygen atoms in total. The zero-order valence-corrected chi connectivity index (χ0v) is 15.9. The van der Waals surface area contributed by atoms with Crippen molar-refractivity contribution in [3.8, 4) is 0 Å². The topological polar surface area (TPSA) is 74.5 Å². The number of guanidine groups is 1. The molecule has 25 heavy (non-hydrogen) atoms. The second-order valence-electron chi connectivity index (χ2n) is 5.96. The van der Waals surface area contributed by atoms with Gasteiger partial charge < -0.3 is 15.7 Å². The number of nitrogens with zero attached hydrogens (tertiary/aromatic N) is 3. The average Bonchev–Trinajstić information content (AvgIpc) is 3.05. The molecule has 0 amide bonds. The molecule has 0 saturated carbocycles. The highest BCUT2D eigenvalue weighted by molar-refractivity contribution is 7.99. The third-order valence-electron chi connectivity index (χ3n) is 3.62. The molecule has 0 saturated heterocycles. The van der Waals surface area contributed by atoms with Gasteiger partial charge in [0.15, 0.2) is 5.96 Å². The Kier molecular flexibility index (Phi) is 7.33. The van der Waals surface area contributed by atoms with Gasteiger partial charge in [0.05, 0.1) is 12.7 Å². The van der Waals surface area contributed by atoms with Crippen molar-refractivity contribution in [3.05, 3.63) is 48.3 Å². The van der Waals surface area contributed by atoms with Crippen molar-refractivity contribution in [3.63, 3.8) is 0 Å². The number of aromatic nitrogens is 2. The molecule has 1 unspecified atom stereocenters. The Bertz CT molecular complexity index is 669. The molecule has 2 aromatic rings. The lowest BCUT2D eigenvalue weighted by atomic mass is 10.0. The molecule has 0 spiro atoms. The maximum Gasteiger partial charge on any atom is 0.191 e. The van der Waals surface area contributed by atoms with Crippen LogP contribution in [-0.4, -0.2) is 46.2 Å². The molecule has 1 aromatic carbocycles. The molecule has 0 aliphatic carbocycles.